The monoisotopic (exact) mass is 942 g/mol. The van der Waals surface area contributed by atoms with Crippen molar-refractivity contribution in [3.8, 4) is 0 Å². The van der Waals surface area contributed by atoms with Crippen LogP contribution in [-0.2, 0) is 38.0 Å². The van der Waals surface area contributed by atoms with E-state index in [0.29, 0.717) is 0 Å². The Morgan fingerprint density at radius 1 is 0.692 bits per heavy atom. The molecule has 20 nitrogen and oxygen atoms in total. The van der Waals surface area contributed by atoms with Crippen LogP contribution in [0.3, 0.4) is 0 Å². The lowest BCUT2D eigenvalue weighted by atomic mass is 9.88. The smallest absolute Gasteiger partial charge is 0.364 e. The highest BCUT2D eigenvalue weighted by Gasteiger charge is 2.60. The Bertz CT molecular complexity index is 1300. The van der Waals surface area contributed by atoms with Gasteiger partial charge in [-0.1, -0.05) is 117 Å². The van der Waals surface area contributed by atoms with Crippen LogP contribution in [-0.4, -0.2) is 192 Å². The van der Waals surface area contributed by atoms with Crippen LogP contribution in [0.25, 0.3) is 0 Å². The molecule has 20 heteroatoms. The van der Waals surface area contributed by atoms with E-state index in [9.17, 15) is 65.8 Å². The summed E-state index contributed by atoms with van der Waals surface area (Å²) in [6, 6.07) is -1.54. The molecule has 0 saturated carbocycles. The maximum Gasteiger partial charge on any atom is 0.364 e. The molecule has 3 saturated heterocycles. The van der Waals surface area contributed by atoms with Gasteiger partial charge in [0.05, 0.1) is 38.6 Å². The summed E-state index contributed by atoms with van der Waals surface area (Å²) in [6.07, 6.45) is -5.94. The zero-order valence-electron chi connectivity index (χ0n) is 38.7. The molecule has 0 unspecified atom stereocenters. The summed E-state index contributed by atoms with van der Waals surface area (Å²) in [6.45, 7) is 2.94. The normalized spacial score (nSPS) is 34.1. The van der Waals surface area contributed by atoms with Crippen LogP contribution in [0.1, 0.15) is 143 Å². The van der Waals surface area contributed by atoms with E-state index in [1.807, 2.05) is 0 Å². The van der Waals surface area contributed by atoms with Crippen LogP contribution >= 0.6 is 0 Å². The van der Waals surface area contributed by atoms with Crippen molar-refractivity contribution in [3.63, 3.8) is 0 Å². The number of aliphatic hydroxyl groups is 10. The molecule has 0 aliphatic carbocycles. The Labute approximate surface area is 383 Å². The number of unbranched alkanes of at least 4 members (excludes halogenated alkanes) is 14. The highest BCUT2D eigenvalue weighted by molar-refractivity contribution is 5.76. The molecule has 0 bridgehead atoms. The standard InChI is InChI=1S/C45H83NO19/c1-4-6-8-10-12-14-16-18-20-28(21-19-17-15-13-11-9-7-5-2)26-60-42-37(56)36(55)39(32(25-49)62-42)63-43-38(57)41(35(54)31(24-48)61-43)65-45(44(58)59)22-29(51)33(46-27(3)50)40(64-45)34(53)30(52)23-47/h28-43,47-49,51-57H,4-26H2,1-3H3,(H,46,50)(H,58,59)/t29-,30+,31+,32+,33+,34+,35-,36+,37+,38+,39+,40-,41-,42+,43+,45-/m0/s1. The van der Waals surface area contributed by atoms with E-state index in [1.54, 1.807) is 0 Å². The molecule has 3 aliphatic heterocycles. The number of carboxylic acid groups (broad SMARTS) is 1. The van der Waals surface area contributed by atoms with Crippen LogP contribution in [0, 0.1) is 5.92 Å². The Morgan fingerprint density at radius 2 is 1.22 bits per heavy atom. The fraction of sp³-hybridized carbons (Fsp3) is 0.956. The first kappa shape index (κ1) is 57.6. The predicted molar refractivity (Wildman–Crippen MR) is 232 cm³/mol. The summed E-state index contributed by atoms with van der Waals surface area (Å²) >= 11 is 0. The summed E-state index contributed by atoms with van der Waals surface area (Å²) in [7, 11) is 0. The van der Waals surface area contributed by atoms with Gasteiger partial charge in [0.2, 0.25) is 5.91 Å². The van der Waals surface area contributed by atoms with Crippen LogP contribution in [0.15, 0.2) is 0 Å². The number of aliphatic carboxylic acids is 1. The average Bonchev–Trinajstić information content (AvgIpc) is 3.28. The Morgan fingerprint density at radius 3 is 1.71 bits per heavy atom. The first-order chi connectivity index (χ1) is 31.1. The lowest BCUT2D eigenvalue weighted by Gasteiger charge is -2.50. The van der Waals surface area contributed by atoms with Gasteiger partial charge in [0, 0.05) is 13.3 Å². The predicted octanol–water partition coefficient (Wildman–Crippen LogP) is 0.479. The minimum Gasteiger partial charge on any atom is -0.477 e. The van der Waals surface area contributed by atoms with Crippen LogP contribution in [0.5, 0.6) is 0 Å². The fourth-order valence-electron chi connectivity index (χ4n) is 8.96. The molecular formula is C45H83NO19. The largest absolute Gasteiger partial charge is 0.477 e. The van der Waals surface area contributed by atoms with Gasteiger partial charge in [-0.05, 0) is 18.8 Å². The molecule has 16 atom stereocenters. The molecule has 0 radical (unpaired) electrons. The number of carbonyl (C=O) groups excluding carboxylic acids is 1. The van der Waals surface area contributed by atoms with E-state index >= 15 is 0 Å². The fourth-order valence-corrected chi connectivity index (χ4v) is 8.96. The maximum atomic E-state index is 12.9. The second-order valence-electron chi connectivity index (χ2n) is 18.2. The highest BCUT2D eigenvalue weighted by atomic mass is 16.8. The Balaban J connectivity index is 1.73. The first-order valence-electron chi connectivity index (χ1n) is 24.1. The zero-order chi connectivity index (χ0) is 48.1. The molecule has 3 aliphatic rings. The molecule has 0 aromatic carbocycles. The Hall–Kier alpha value is -1.70. The number of carboxylic acids is 1. The van der Waals surface area contributed by atoms with E-state index in [0.717, 1.165) is 58.3 Å². The molecule has 0 aromatic heterocycles. The summed E-state index contributed by atoms with van der Waals surface area (Å²) in [5, 5.41) is 120. The quantitative estimate of drug-likeness (QED) is 0.0408. The number of aliphatic hydroxyl groups excluding tert-OH is 10. The molecule has 3 heterocycles. The number of hydrogen-bond acceptors (Lipinski definition) is 18. The van der Waals surface area contributed by atoms with E-state index in [-0.39, 0.29) is 12.5 Å². The lowest BCUT2D eigenvalue weighted by Crippen LogP contribution is -2.70. The molecule has 3 rings (SSSR count). The summed E-state index contributed by atoms with van der Waals surface area (Å²) in [4.78, 5) is 24.8. The molecule has 382 valence electrons. The van der Waals surface area contributed by atoms with Gasteiger partial charge in [0.1, 0.15) is 67.1 Å². The van der Waals surface area contributed by atoms with E-state index in [2.05, 4.69) is 19.2 Å². The van der Waals surface area contributed by atoms with Crippen molar-refractivity contribution < 1.29 is 94.2 Å². The molecule has 3 fully saturated rings. The van der Waals surface area contributed by atoms with Crippen molar-refractivity contribution in [1.29, 1.82) is 0 Å². The van der Waals surface area contributed by atoms with E-state index < -0.39 is 136 Å². The van der Waals surface area contributed by atoms with Gasteiger partial charge in [0.15, 0.2) is 12.6 Å². The van der Waals surface area contributed by atoms with E-state index in [1.165, 1.54) is 64.2 Å². The number of ether oxygens (including phenoxy) is 6. The van der Waals surface area contributed by atoms with Gasteiger partial charge in [-0.2, -0.15) is 0 Å². The zero-order valence-corrected chi connectivity index (χ0v) is 38.7. The third-order valence-electron chi connectivity index (χ3n) is 12.9. The van der Waals surface area contributed by atoms with Gasteiger partial charge < -0.3 is 89.9 Å². The summed E-state index contributed by atoms with van der Waals surface area (Å²) in [5.74, 6) is -5.54. The topological polar surface area (TPSA) is 324 Å². The van der Waals surface area contributed by atoms with Crippen LogP contribution in [0.2, 0.25) is 0 Å². The second kappa shape index (κ2) is 30.0. The van der Waals surface area contributed by atoms with Crippen molar-refractivity contribution in [2.75, 3.05) is 26.4 Å². The molecular weight excluding hydrogens is 858 g/mol. The van der Waals surface area contributed by atoms with E-state index in [4.69, 9.17) is 28.4 Å². The van der Waals surface area contributed by atoms with Gasteiger partial charge in [-0.15, -0.1) is 0 Å². The van der Waals surface area contributed by atoms with Gasteiger partial charge >= 0.3 is 5.97 Å². The van der Waals surface area contributed by atoms with Gasteiger partial charge in [-0.3, -0.25) is 4.79 Å². The lowest BCUT2D eigenvalue weighted by molar-refractivity contribution is -0.386. The maximum absolute atomic E-state index is 12.9. The van der Waals surface area contributed by atoms with Crippen molar-refractivity contribution in [3.05, 3.63) is 0 Å². The molecule has 0 aromatic rings. The Kier molecular flexibility index (Phi) is 26.6. The molecule has 12 N–H and O–H groups in total. The third-order valence-corrected chi connectivity index (χ3v) is 12.9. The third kappa shape index (κ3) is 17.3. The number of nitrogens with one attached hydrogen (secondary N) is 1. The van der Waals surface area contributed by atoms with Crippen molar-refractivity contribution in [1.82, 2.24) is 5.32 Å². The average molecular weight is 942 g/mol. The minimum absolute atomic E-state index is 0.159. The van der Waals surface area contributed by atoms with Gasteiger partial charge in [0.25, 0.3) is 5.79 Å². The molecule has 65 heavy (non-hydrogen) atoms. The number of hydrogen-bond donors (Lipinski definition) is 12. The number of amides is 1. The van der Waals surface area contributed by atoms with Crippen molar-refractivity contribution >= 4 is 11.9 Å². The van der Waals surface area contributed by atoms with Crippen LogP contribution in [0.4, 0.5) is 0 Å². The van der Waals surface area contributed by atoms with Crippen LogP contribution < -0.4 is 5.32 Å². The molecule has 1 amide bonds. The number of rotatable bonds is 32. The molecule has 0 spiro atoms. The van der Waals surface area contributed by atoms with Crippen molar-refractivity contribution in [2.24, 2.45) is 5.92 Å². The number of carbonyl (C=O) groups is 2. The second-order valence-corrected chi connectivity index (χ2v) is 18.2. The highest BCUT2D eigenvalue weighted by Crippen LogP contribution is 2.38. The summed E-state index contributed by atoms with van der Waals surface area (Å²) < 4.78 is 34.9. The van der Waals surface area contributed by atoms with Crippen molar-refractivity contribution in [2.45, 2.75) is 240 Å². The first-order valence-corrected chi connectivity index (χ1v) is 24.1. The van der Waals surface area contributed by atoms with Gasteiger partial charge in [-0.25, -0.2) is 4.79 Å². The summed E-state index contributed by atoms with van der Waals surface area (Å²) in [5.41, 5.74) is 0. The minimum atomic E-state index is -3.02. The SMILES string of the molecule is CCCCCCCCCCC(CCCCCCCCCC)CO[C@@H]1O[C@H](CO)[C@@H](O[C@H]2O[C@H](CO)[C@H](O)[C@H](O[C@]3(C(=O)O)C[C@H](O)[C@@H](NC(C)=O)[C@@H]([C@H](O)[C@H](O)CO)O3)[C@H]2O)[C@H](O)[C@H]1O.